The van der Waals surface area contributed by atoms with Gasteiger partial charge in [-0.05, 0) is 25.0 Å². The molecule has 0 aliphatic heterocycles. The van der Waals surface area contributed by atoms with E-state index in [1.807, 2.05) is 18.2 Å². The van der Waals surface area contributed by atoms with Crippen molar-refractivity contribution in [3.63, 3.8) is 0 Å². The SMILES string of the molecule is CCCC(CN)C(=O)Cc1nc2ccccc2n1CCC. The van der Waals surface area contributed by atoms with E-state index in [-0.39, 0.29) is 11.7 Å². The van der Waals surface area contributed by atoms with Crippen molar-refractivity contribution in [2.45, 2.75) is 46.1 Å². The van der Waals surface area contributed by atoms with Crippen molar-refractivity contribution in [2.24, 2.45) is 11.7 Å². The van der Waals surface area contributed by atoms with Crippen LogP contribution in [0.1, 0.15) is 38.9 Å². The quantitative estimate of drug-likeness (QED) is 0.812. The molecule has 0 saturated heterocycles. The maximum absolute atomic E-state index is 12.4. The van der Waals surface area contributed by atoms with Crippen molar-refractivity contribution in [1.29, 1.82) is 0 Å². The third-order valence-corrected chi connectivity index (χ3v) is 3.89. The summed E-state index contributed by atoms with van der Waals surface area (Å²) in [5.74, 6) is 1.05. The fourth-order valence-corrected chi connectivity index (χ4v) is 2.79. The fourth-order valence-electron chi connectivity index (χ4n) is 2.79. The van der Waals surface area contributed by atoms with Crippen LogP contribution >= 0.6 is 0 Å². The number of Topliss-reactive ketones (excluding diaryl/α,β-unsaturated/α-hetero) is 1. The van der Waals surface area contributed by atoms with Gasteiger partial charge in [-0.3, -0.25) is 4.79 Å². The van der Waals surface area contributed by atoms with Crippen LogP contribution < -0.4 is 5.73 Å². The van der Waals surface area contributed by atoms with Gasteiger partial charge in [-0.1, -0.05) is 32.4 Å². The van der Waals surface area contributed by atoms with Gasteiger partial charge < -0.3 is 10.3 Å². The van der Waals surface area contributed by atoms with E-state index in [1.54, 1.807) is 0 Å². The van der Waals surface area contributed by atoms with Crippen LogP contribution in [0.5, 0.6) is 0 Å². The molecule has 0 radical (unpaired) electrons. The number of aromatic nitrogens is 2. The molecule has 1 atom stereocenters. The minimum atomic E-state index is -0.0371. The third kappa shape index (κ3) is 3.50. The summed E-state index contributed by atoms with van der Waals surface area (Å²) in [7, 11) is 0. The number of nitrogens with zero attached hydrogens (tertiary/aromatic N) is 2. The molecule has 0 aliphatic rings. The molecular weight excluding hydrogens is 262 g/mol. The fraction of sp³-hybridized carbons (Fsp3) is 0.529. The van der Waals surface area contributed by atoms with Gasteiger partial charge in [0, 0.05) is 19.0 Å². The Kier molecular flexibility index (Phi) is 5.51. The lowest BCUT2D eigenvalue weighted by Crippen LogP contribution is -2.26. The standard InChI is InChI=1S/C17H25N3O/c1-3-7-13(12-18)16(21)11-17-19-14-8-5-6-9-15(14)20(17)10-4-2/h5-6,8-9,13H,3-4,7,10-12,18H2,1-2H3. The van der Waals surface area contributed by atoms with Crippen LogP contribution in [-0.4, -0.2) is 21.9 Å². The topological polar surface area (TPSA) is 60.9 Å². The molecule has 0 bridgehead atoms. The maximum atomic E-state index is 12.4. The van der Waals surface area contributed by atoms with E-state index in [0.717, 1.165) is 42.7 Å². The van der Waals surface area contributed by atoms with Crippen molar-refractivity contribution in [2.75, 3.05) is 6.54 Å². The van der Waals surface area contributed by atoms with Gasteiger partial charge in [0.25, 0.3) is 0 Å². The molecule has 0 amide bonds. The van der Waals surface area contributed by atoms with E-state index in [1.165, 1.54) is 0 Å². The number of hydrogen-bond acceptors (Lipinski definition) is 3. The first-order valence-electron chi connectivity index (χ1n) is 7.88. The molecule has 1 heterocycles. The molecule has 2 rings (SSSR count). The highest BCUT2D eigenvalue weighted by Crippen LogP contribution is 2.18. The Morgan fingerprint density at radius 2 is 2.05 bits per heavy atom. The lowest BCUT2D eigenvalue weighted by molar-refractivity contribution is -0.122. The highest BCUT2D eigenvalue weighted by molar-refractivity contribution is 5.84. The van der Waals surface area contributed by atoms with Gasteiger partial charge in [-0.2, -0.15) is 0 Å². The van der Waals surface area contributed by atoms with Crippen LogP contribution in [0.4, 0.5) is 0 Å². The van der Waals surface area contributed by atoms with Gasteiger partial charge >= 0.3 is 0 Å². The van der Waals surface area contributed by atoms with Gasteiger partial charge in [0.2, 0.25) is 0 Å². The predicted octanol–water partition coefficient (Wildman–Crippen LogP) is 2.93. The molecule has 2 N–H and O–H groups in total. The summed E-state index contributed by atoms with van der Waals surface area (Å²) >= 11 is 0. The molecule has 0 fully saturated rings. The van der Waals surface area contributed by atoms with Gasteiger partial charge in [0.1, 0.15) is 11.6 Å². The average molecular weight is 287 g/mol. The van der Waals surface area contributed by atoms with Crippen LogP contribution in [0.3, 0.4) is 0 Å². The number of aryl methyl sites for hydroxylation is 1. The number of fused-ring (bicyclic) bond motifs is 1. The Hall–Kier alpha value is -1.68. The zero-order valence-corrected chi connectivity index (χ0v) is 13.0. The van der Waals surface area contributed by atoms with Gasteiger partial charge in [-0.25, -0.2) is 4.98 Å². The highest BCUT2D eigenvalue weighted by Gasteiger charge is 2.19. The molecular formula is C17H25N3O. The molecule has 2 aromatic rings. The van der Waals surface area contributed by atoms with E-state index in [2.05, 4.69) is 29.5 Å². The third-order valence-electron chi connectivity index (χ3n) is 3.89. The zero-order chi connectivity index (χ0) is 15.2. The molecule has 1 aromatic carbocycles. The summed E-state index contributed by atoms with van der Waals surface area (Å²) in [6.45, 7) is 5.55. The molecule has 1 aromatic heterocycles. The Morgan fingerprint density at radius 3 is 2.71 bits per heavy atom. The highest BCUT2D eigenvalue weighted by atomic mass is 16.1. The largest absolute Gasteiger partial charge is 0.330 e. The monoisotopic (exact) mass is 287 g/mol. The number of carbonyl (C=O) groups is 1. The number of hydrogen-bond donors (Lipinski definition) is 1. The lowest BCUT2D eigenvalue weighted by atomic mass is 9.96. The number of carbonyl (C=O) groups excluding carboxylic acids is 1. The van der Waals surface area contributed by atoms with Crippen molar-refractivity contribution in [3.8, 4) is 0 Å². The van der Waals surface area contributed by atoms with E-state index in [4.69, 9.17) is 5.73 Å². The Labute approximate surface area is 126 Å². The first-order valence-corrected chi connectivity index (χ1v) is 7.88. The number of para-hydroxylation sites is 2. The van der Waals surface area contributed by atoms with E-state index in [0.29, 0.717) is 13.0 Å². The van der Waals surface area contributed by atoms with E-state index < -0.39 is 0 Å². The van der Waals surface area contributed by atoms with E-state index in [9.17, 15) is 4.79 Å². The summed E-state index contributed by atoms with van der Waals surface area (Å²) < 4.78 is 2.17. The first kappa shape index (κ1) is 15.7. The van der Waals surface area contributed by atoms with Crippen LogP contribution in [0.15, 0.2) is 24.3 Å². The van der Waals surface area contributed by atoms with Crippen molar-refractivity contribution >= 4 is 16.8 Å². The Morgan fingerprint density at radius 1 is 1.29 bits per heavy atom. The molecule has 21 heavy (non-hydrogen) atoms. The minimum absolute atomic E-state index is 0.0371. The van der Waals surface area contributed by atoms with Crippen LogP contribution in [0.25, 0.3) is 11.0 Å². The number of rotatable bonds is 8. The normalized spacial score (nSPS) is 12.7. The Bertz CT molecular complexity index is 603. The molecule has 0 spiro atoms. The molecule has 114 valence electrons. The van der Waals surface area contributed by atoms with Gasteiger partial charge in [0.15, 0.2) is 0 Å². The number of ketones is 1. The number of imidazole rings is 1. The summed E-state index contributed by atoms with van der Waals surface area (Å²) in [6, 6.07) is 8.07. The van der Waals surface area contributed by atoms with Crippen molar-refractivity contribution in [3.05, 3.63) is 30.1 Å². The van der Waals surface area contributed by atoms with E-state index >= 15 is 0 Å². The number of benzene rings is 1. The molecule has 0 aliphatic carbocycles. The number of nitrogens with two attached hydrogens (primary N) is 1. The Balaban J connectivity index is 2.28. The summed E-state index contributed by atoms with van der Waals surface area (Å²) in [4.78, 5) is 17.1. The van der Waals surface area contributed by atoms with Gasteiger partial charge in [0.05, 0.1) is 17.5 Å². The second kappa shape index (κ2) is 7.36. The van der Waals surface area contributed by atoms with Gasteiger partial charge in [-0.15, -0.1) is 0 Å². The molecule has 4 nitrogen and oxygen atoms in total. The lowest BCUT2D eigenvalue weighted by Gasteiger charge is -2.13. The maximum Gasteiger partial charge on any atom is 0.144 e. The molecule has 0 saturated carbocycles. The second-order valence-corrected chi connectivity index (χ2v) is 5.53. The van der Waals surface area contributed by atoms with Crippen molar-refractivity contribution < 1.29 is 4.79 Å². The zero-order valence-electron chi connectivity index (χ0n) is 13.0. The second-order valence-electron chi connectivity index (χ2n) is 5.53. The smallest absolute Gasteiger partial charge is 0.144 e. The molecule has 4 heteroatoms. The van der Waals surface area contributed by atoms with Crippen LogP contribution in [0, 0.1) is 5.92 Å². The summed E-state index contributed by atoms with van der Waals surface area (Å²) in [6.07, 6.45) is 3.26. The minimum Gasteiger partial charge on any atom is -0.330 e. The van der Waals surface area contributed by atoms with Crippen molar-refractivity contribution in [1.82, 2.24) is 9.55 Å². The summed E-state index contributed by atoms with van der Waals surface area (Å²) in [5.41, 5.74) is 7.82. The van der Waals surface area contributed by atoms with Crippen LogP contribution in [0.2, 0.25) is 0 Å². The molecule has 1 unspecified atom stereocenters. The first-order chi connectivity index (χ1) is 10.2. The average Bonchev–Trinajstić information content (AvgIpc) is 2.83. The summed E-state index contributed by atoms with van der Waals surface area (Å²) in [5, 5.41) is 0. The predicted molar refractivity (Wildman–Crippen MR) is 86.2 cm³/mol. The van der Waals surface area contributed by atoms with Crippen LogP contribution in [-0.2, 0) is 17.8 Å².